The van der Waals surface area contributed by atoms with E-state index in [2.05, 4.69) is 20.7 Å². The number of hydrogen-bond acceptors (Lipinski definition) is 5. The lowest BCUT2D eigenvalue weighted by Crippen LogP contribution is -2.39. The number of amides is 1. The van der Waals surface area contributed by atoms with Crippen LogP contribution in [0.2, 0.25) is 0 Å². The monoisotopic (exact) mass is 504 g/mol. The van der Waals surface area contributed by atoms with E-state index in [0.717, 1.165) is 11.1 Å². The third-order valence-electron chi connectivity index (χ3n) is 5.81. The summed E-state index contributed by atoms with van der Waals surface area (Å²) < 4.78 is 43.5. The molecule has 4 rings (SSSR count). The highest BCUT2D eigenvalue weighted by atomic mass is 19.4. The molecule has 0 saturated carbocycles. The van der Waals surface area contributed by atoms with Gasteiger partial charge < -0.3 is 10.6 Å². The van der Waals surface area contributed by atoms with Gasteiger partial charge in [-0.1, -0.05) is 42.5 Å². The lowest BCUT2D eigenvalue weighted by Gasteiger charge is -2.25. The third-order valence-corrected chi connectivity index (χ3v) is 5.81. The zero-order chi connectivity index (χ0) is 26.4. The average Bonchev–Trinajstić information content (AvgIpc) is 3.33. The number of aromatic nitrogens is 3. The van der Waals surface area contributed by atoms with Crippen molar-refractivity contribution in [3.05, 3.63) is 102 Å². The number of hydrogen-bond donors (Lipinski definition) is 2. The fourth-order valence-electron chi connectivity index (χ4n) is 3.86. The Labute approximate surface area is 211 Å². The number of nitrogens with zero attached hydrogens (tertiary/aromatic N) is 4. The Morgan fingerprint density at radius 2 is 1.73 bits per heavy atom. The fourth-order valence-corrected chi connectivity index (χ4v) is 3.86. The van der Waals surface area contributed by atoms with Crippen LogP contribution < -0.4 is 10.6 Å². The van der Waals surface area contributed by atoms with E-state index in [4.69, 9.17) is 5.26 Å². The van der Waals surface area contributed by atoms with Crippen molar-refractivity contribution in [3.8, 4) is 17.2 Å². The van der Waals surface area contributed by atoms with Gasteiger partial charge in [0.25, 0.3) is 0 Å². The van der Waals surface area contributed by atoms with Gasteiger partial charge in [0.2, 0.25) is 5.91 Å². The lowest BCUT2D eigenvalue weighted by molar-refractivity contribution is -0.150. The van der Waals surface area contributed by atoms with Crippen LogP contribution in [0.3, 0.4) is 0 Å². The van der Waals surface area contributed by atoms with E-state index >= 15 is 0 Å². The molecular weight excluding hydrogens is 481 g/mol. The maximum atomic E-state index is 13.9. The number of carbonyl (C=O) groups excluding carboxylic acids is 1. The molecule has 1 unspecified atom stereocenters. The highest BCUT2D eigenvalue weighted by Gasteiger charge is 2.41. The Morgan fingerprint density at radius 3 is 2.30 bits per heavy atom. The molecule has 2 N–H and O–H groups in total. The average molecular weight is 505 g/mol. The third kappa shape index (κ3) is 6.39. The van der Waals surface area contributed by atoms with E-state index in [0.29, 0.717) is 5.56 Å². The van der Waals surface area contributed by atoms with Crippen LogP contribution in [-0.4, -0.2) is 33.4 Å². The van der Waals surface area contributed by atoms with E-state index in [9.17, 15) is 18.0 Å². The quantitative estimate of drug-likeness (QED) is 0.353. The van der Waals surface area contributed by atoms with Crippen LogP contribution in [0.15, 0.2) is 85.3 Å². The predicted octanol–water partition coefficient (Wildman–Crippen LogP) is 4.97. The highest BCUT2D eigenvalue weighted by molar-refractivity contribution is 5.95. The molecule has 0 aliphatic carbocycles. The van der Waals surface area contributed by atoms with E-state index in [-0.39, 0.29) is 16.9 Å². The lowest BCUT2D eigenvalue weighted by atomic mass is 9.96. The van der Waals surface area contributed by atoms with Crippen molar-refractivity contribution in [2.45, 2.75) is 18.1 Å². The Kier molecular flexibility index (Phi) is 7.65. The van der Waals surface area contributed by atoms with Crippen LogP contribution in [-0.2, 0) is 11.8 Å². The zero-order valence-electron chi connectivity index (χ0n) is 19.8. The van der Waals surface area contributed by atoms with Crippen molar-refractivity contribution in [2.75, 3.05) is 11.9 Å². The normalized spacial score (nSPS) is 12.9. The number of benzene rings is 2. The Hall–Kier alpha value is -4.49. The summed E-state index contributed by atoms with van der Waals surface area (Å²) in [5.41, 5.74) is 2.43. The maximum absolute atomic E-state index is 13.9. The Bertz CT molecular complexity index is 1380. The van der Waals surface area contributed by atoms with Crippen molar-refractivity contribution in [2.24, 2.45) is 7.05 Å². The van der Waals surface area contributed by atoms with Crippen LogP contribution in [0.1, 0.15) is 28.7 Å². The molecule has 0 aliphatic rings. The Balaban J connectivity index is 1.53. The largest absolute Gasteiger partial charge is 0.396 e. The molecular formula is C27H23F3N6O. The van der Waals surface area contributed by atoms with Crippen molar-refractivity contribution < 1.29 is 18.0 Å². The molecule has 7 nitrogen and oxygen atoms in total. The summed E-state index contributed by atoms with van der Waals surface area (Å²) in [6, 6.07) is 18.0. The molecule has 0 radical (unpaired) electrons. The van der Waals surface area contributed by atoms with Crippen LogP contribution in [0.5, 0.6) is 0 Å². The first kappa shape index (κ1) is 25.6. The van der Waals surface area contributed by atoms with E-state index in [1.807, 2.05) is 12.3 Å². The summed E-state index contributed by atoms with van der Waals surface area (Å²) in [6.07, 6.45) is 0.538. The van der Waals surface area contributed by atoms with Gasteiger partial charge in [0.05, 0.1) is 23.7 Å². The Morgan fingerprint density at radius 1 is 1.00 bits per heavy atom. The standard InChI is InChI=1S/C27H23F3N6O/c1-36-17-22(15-34-36)21-11-12-24(32-14-21)35-26(37)25(20-5-3-2-4-6-20)33-16-23(27(28,29)30)19-9-7-18(13-31)8-10-19/h2-12,14-15,17,23,25,33H,16H2,1H3,(H,32,35,37)/t23?,25-/m0/s1. The van der Waals surface area contributed by atoms with Gasteiger partial charge in [-0.2, -0.15) is 23.5 Å². The number of halogens is 3. The minimum Gasteiger partial charge on any atom is -0.309 e. The molecule has 4 aromatic rings. The molecule has 2 aromatic heterocycles. The first-order valence-electron chi connectivity index (χ1n) is 11.4. The van der Waals surface area contributed by atoms with E-state index in [1.165, 1.54) is 24.3 Å². The predicted molar refractivity (Wildman–Crippen MR) is 132 cm³/mol. The van der Waals surface area contributed by atoms with Crippen LogP contribution >= 0.6 is 0 Å². The molecule has 1 amide bonds. The van der Waals surface area contributed by atoms with Crippen molar-refractivity contribution in [1.82, 2.24) is 20.1 Å². The minimum absolute atomic E-state index is 0.00104. The van der Waals surface area contributed by atoms with Gasteiger partial charge in [0.15, 0.2) is 0 Å². The second-order valence-corrected chi connectivity index (χ2v) is 8.40. The summed E-state index contributed by atoms with van der Waals surface area (Å²) in [6.45, 7) is -0.546. The van der Waals surface area contributed by atoms with E-state index in [1.54, 1.807) is 66.6 Å². The summed E-state index contributed by atoms with van der Waals surface area (Å²) >= 11 is 0. The molecule has 0 spiro atoms. The van der Waals surface area contributed by atoms with Crippen molar-refractivity contribution in [3.63, 3.8) is 0 Å². The van der Waals surface area contributed by atoms with Crippen LogP contribution in [0.4, 0.5) is 19.0 Å². The smallest absolute Gasteiger partial charge is 0.309 e. The van der Waals surface area contributed by atoms with Gasteiger partial charge >= 0.3 is 6.18 Å². The molecule has 0 fully saturated rings. The molecule has 2 heterocycles. The topological polar surface area (TPSA) is 95.6 Å². The molecule has 2 aromatic carbocycles. The number of alkyl halides is 3. The summed E-state index contributed by atoms with van der Waals surface area (Å²) in [7, 11) is 1.80. The summed E-state index contributed by atoms with van der Waals surface area (Å²) in [4.78, 5) is 17.5. The molecule has 37 heavy (non-hydrogen) atoms. The SMILES string of the molecule is Cn1cc(-c2ccc(NC(=O)[C@@H](NCC(c3ccc(C#N)cc3)C(F)(F)F)c3ccccc3)nc2)cn1. The molecule has 0 saturated heterocycles. The zero-order valence-corrected chi connectivity index (χ0v) is 19.8. The first-order chi connectivity index (χ1) is 17.7. The number of rotatable bonds is 8. The maximum Gasteiger partial charge on any atom is 0.396 e. The van der Waals surface area contributed by atoms with Crippen molar-refractivity contribution >= 4 is 11.7 Å². The second-order valence-electron chi connectivity index (χ2n) is 8.40. The van der Waals surface area contributed by atoms with Gasteiger partial charge in [0, 0.05) is 37.1 Å². The molecule has 10 heteroatoms. The van der Waals surface area contributed by atoms with Gasteiger partial charge in [-0.15, -0.1) is 0 Å². The van der Waals surface area contributed by atoms with Gasteiger partial charge in [-0.05, 0) is 35.4 Å². The minimum atomic E-state index is -4.57. The summed E-state index contributed by atoms with van der Waals surface area (Å²) in [5, 5.41) is 18.6. The second kappa shape index (κ2) is 11.1. The van der Waals surface area contributed by atoms with Crippen LogP contribution in [0, 0.1) is 11.3 Å². The van der Waals surface area contributed by atoms with Crippen LogP contribution in [0.25, 0.3) is 11.1 Å². The van der Waals surface area contributed by atoms with Crippen molar-refractivity contribution in [1.29, 1.82) is 5.26 Å². The molecule has 2 atom stereocenters. The van der Waals surface area contributed by atoms with Gasteiger partial charge in [0.1, 0.15) is 11.9 Å². The highest BCUT2D eigenvalue weighted by Crippen LogP contribution is 2.35. The summed E-state index contributed by atoms with van der Waals surface area (Å²) in [5.74, 6) is -2.16. The molecule has 188 valence electrons. The number of anilines is 1. The number of nitrogens with one attached hydrogen (secondary N) is 2. The molecule has 0 aliphatic heterocycles. The number of nitriles is 1. The molecule has 0 bridgehead atoms. The van der Waals surface area contributed by atoms with Gasteiger partial charge in [-0.3, -0.25) is 9.48 Å². The number of pyridine rings is 1. The first-order valence-corrected chi connectivity index (χ1v) is 11.4. The number of aryl methyl sites for hydroxylation is 1. The van der Waals surface area contributed by atoms with Gasteiger partial charge in [-0.25, -0.2) is 4.98 Å². The van der Waals surface area contributed by atoms with E-state index < -0.39 is 30.6 Å². The number of carbonyl (C=O) groups is 1. The fraction of sp³-hybridized carbons (Fsp3) is 0.185.